The van der Waals surface area contributed by atoms with Gasteiger partial charge in [0.2, 0.25) is 0 Å². The monoisotopic (exact) mass is 281 g/mol. The molecule has 0 amide bonds. The molecule has 1 N–H and O–H groups in total. The molecule has 0 saturated carbocycles. The normalized spacial score (nSPS) is 16.1. The second-order valence-electron chi connectivity index (χ2n) is 5.99. The Kier molecular flexibility index (Phi) is 4.30. The largest absolute Gasteiger partial charge is 0.317 e. The number of hydrogen-bond donors (Lipinski definition) is 1. The molecule has 3 heteroatoms. The standard InChI is InChI=1S/C18H23N3/c1-13-11-18(21-14(2)20-13)12-15-3-5-16(6-4-15)17-7-9-19-10-8-17/h3-6,11,17,19H,7-10,12H2,1-2H3. The van der Waals surface area contributed by atoms with E-state index in [1.54, 1.807) is 0 Å². The molecule has 0 atom stereocenters. The Bertz CT molecular complexity index is 578. The van der Waals surface area contributed by atoms with Crippen molar-refractivity contribution in [3.05, 3.63) is 58.7 Å². The molecular formula is C18H23N3. The third-order valence-electron chi connectivity index (χ3n) is 4.19. The lowest BCUT2D eigenvalue weighted by atomic mass is 9.89. The van der Waals surface area contributed by atoms with E-state index in [9.17, 15) is 0 Å². The summed E-state index contributed by atoms with van der Waals surface area (Å²) in [5, 5.41) is 3.42. The molecule has 1 aliphatic heterocycles. The summed E-state index contributed by atoms with van der Waals surface area (Å²) in [5.41, 5.74) is 4.96. The van der Waals surface area contributed by atoms with Crippen LogP contribution in [0.15, 0.2) is 30.3 Å². The van der Waals surface area contributed by atoms with Crippen LogP contribution in [-0.4, -0.2) is 23.1 Å². The summed E-state index contributed by atoms with van der Waals surface area (Å²) >= 11 is 0. The third kappa shape index (κ3) is 3.67. The molecule has 1 fully saturated rings. The van der Waals surface area contributed by atoms with Crippen molar-refractivity contribution in [1.82, 2.24) is 15.3 Å². The summed E-state index contributed by atoms with van der Waals surface area (Å²) in [7, 11) is 0. The molecule has 0 unspecified atom stereocenters. The molecule has 2 heterocycles. The van der Waals surface area contributed by atoms with Crippen LogP contribution in [0.3, 0.4) is 0 Å². The topological polar surface area (TPSA) is 37.8 Å². The van der Waals surface area contributed by atoms with E-state index in [4.69, 9.17) is 0 Å². The van der Waals surface area contributed by atoms with Crippen LogP contribution < -0.4 is 5.32 Å². The lowest BCUT2D eigenvalue weighted by Gasteiger charge is -2.23. The maximum atomic E-state index is 4.52. The molecule has 0 spiro atoms. The molecule has 3 nitrogen and oxygen atoms in total. The van der Waals surface area contributed by atoms with E-state index in [2.05, 4.69) is 45.6 Å². The minimum atomic E-state index is 0.726. The Labute approximate surface area is 126 Å². The molecule has 1 aromatic carbocycles. The number of hydrogen-bond acceptors (Lipinski definition) is 3. The zero-order valence-corrected chi connectivity index (χ0v) is 12.9. The van der Waals surface area contributed by atoms with Crippen molar-refractivity contribution in [2.45, 2.75) is 39.0 Å². The Morgan fingerprint density at radius 1 is 1.05 bits per heavy atom. The molecule has 1 aliphatic rings. The van der Waals surface area contributed by atoms with Crippen molar-refractivity contribution in [1.29, 1.82) is 0 Å². The van der Waals surface area contributed by atoms with Crippen LogP contribution in [0.1, 0.15) is 47.1 Å². The average Bonchev–Trinajstić information content (AvgIpc) is 2.48. The van der Waals surface area contributed by atoms with Crippen molar-refractivity contribution in [2.24, 2.45) is 0 Å². The number of aryl methyl sites for hydroxylation is 2. The highest BCUT2D eigenvalue weighted by molar-refractivity contribution is 5.29. The quantitative estimate of drug-likeness (QED) is 0.939. The van der Waals surface area contributed by atoms with Crippen LogP contribution in [0, 0.1) is 13.8 Å². The Morgan fingerprint density at radius 2 is 1.76 bits per heavy atom. The van der Waals surface area contributed by atoms with Gasteiger partial charge < -0.3 is 5.32 Å². The Balaban J connectivity index is 1.71. The van der Waals surface area contributed by atoms with Gasteiger partial charge in [-0.3, -0.25) is 0 Å². The first-order chi connectivity index (χ1) is 10.2. The summed E-state index contributed by atoms with van der Waals surface area (Å²) in [6, 6.07) is 11.2. The predicted octanol–water partition coefficient (Wildman–Crippen LogP) is 3.15. The zero-order valence-electron chi connectivity index (χ0n) is 12.9. The third-order valence-corrected chi connectivity index (χ3v) is 4.19. The molecule has 3 rings (SSSR count). The first-order valence-electron chi connectivity index (χ1n) is 7.81. The lowest BCUT2D eigenvalue weighted by molar-refractivity contribution is 0.460. The maximum absolute atomic E-state index is 4.52. The molecular weight excluding hydrogens is 258 g/mol. The number of nitrogens with one attached hydrogen (secondary N) is 1. The molecule has 2 aromatic rings. The SMILES string of the molecule is Cc1cc(Cc2ccc(C3CCNCC3)cc2)nc(C)n1. The van der Waals surface area contributed by atoms with Crippen LogP contribution in [0.5, 0.6) is 0 Å². The summed E-state index contributed by atoms with van der Waals surface area (Å²) < 4.78 is 0. The summed E-state index contributed by atoms with van der Waals surface area (Å²) in [4.78, 5) is 8.86. The van der Waals surface area contributed by atoms with E-state index < -0.39 is 0 Å². The highest BCUT2D eigenvalue weighted by Crippen LogP contribution is 2.25. The fourth-order valence-corrected chi connectivity index (χ4v) is 3.16. The first kappa shape index (κ1) is 14.2. The van der Waals surface area contributed by atoms with Gasteiger partial charge in [0.15, 0.2) is 0 Å². The Hall–Kier alpha value is -1.74. The molecule has 21 heavy (non-hydrogen) atoms. The molecule has 0 aliphatic carbocycles. The second kappa shape index (κ2) is 6.35. The maximum Gasteiger partial charge on any atom is 0.125 e. The van der Waals surface area contributed by atoms with Gasteiger partial charge >= 0.3 is 0 Å². The van der Waals surface area contributed by atoms with Crippen LogP contribution >= 0.6 is 0 Å². The number of benzene rings is 1. The van der Waals surface area contributed by atoms with E-state index >= 15 is 0 Å². The van der Waals surface area contributed by atoms with Crippen molar-refractivity contribution in [2.75, 3.05) is 13.1 Å². The molecule has 0 radical (unpaired) electrons. The zero-order chi connectivity index (χ0) is 14.7. The van der Waals surface area contributed by atoms with Gasteiger partial charge in [-0.1, -0.05) is 24.3 Å². The average molecular weight is 281 g/mol. The van der Waals surface area contributed by atoms with E-state index in [1.807, 2.05) is 13.8 Å². The van der Waals surface area contributed by atoms with Gasteiger partial charge in [0, 0.05) is 17.8 Å². The van der Waals surface area contributed by atoms with Gasteiger partial charge in [0.05, 0.1) is 0 Å². The highest BCUT2D eigenvalue weighted by atomic mass is 14.9. The van der Waals surface area contributed by atoms with Crippen LogP contribution in [0.4, 0.5) is 0 Å². The van der Waals surface area contributed by atoms with Gasteiger partial charge in [-0.2, -0.15) is 0 Å². The first-order valence-corrected chi connectivity index (χ1v) is 7.81. The van der Waals surface area contributed by atoms with Crippen molar-refractivity contribution in [3.8, 4) is 0 Å². The van der Waals surface area contributed by atoms with Gasteiger partial charge in [0.25, 0.3) is 0 Å². The lowest BCUT2D eigenvalue weighted by Crippen LogP contribution is -2.26. The molecule has 0 bridgehead atoms. The van der Waals surface area contributed by atoms with Gasteiger partial charge in [-0.15, -0.1) is 0 Å². The smallest absolute Gasteiger partial charge is 0.125 e. The highest BCUT2D eigenvalue weighted by Gasteiger charge is 2.14. The second-order valence-corrected chi connectivity index (χ2v) is 5.99. The van der Waals surface area contributed by atoms with Crippen molar-refractivity contribution >= 4 is 0 Å². The number of nitrogens with zero attached hydrogens (tertiary/aromatic N) is 2. The van der Waals surface area contributed by atoms with E-state index in [-0.39, 0.29) is 0 Å². The minimum Gasteiger partial charge on any atom is -0.317 e. The van der Waals surface area contributed by atoms with Gasteiger partial charge in [-0.05, 0) is 62.9 Å². The van der Waals surface area contributed by atoms with Crippen LogP contribution in [0.25, 0.3) is 0 Å². The summed E-state index contributed by atoms with van der Waals surface area (Å²) in [5.74, 6) is 1.58. The van der Waals surface area contributed by atoms with Crippen LogP contribution in [0.2, 0.25) is 0 Å². The number of aromatic nitrogens is 2. The van der Waals surface area contributed by atoms with Crippen molar-refractivity contribution in [3.63, 3.8) is 0 Å². The number of piperidine rings is 1. The minimum absolute atomic E-state index is 0.726. The van der Waals surface area contributed by atoms with E-state index in [0.29, 0.717) is 0 Å². The Morgan fingerprint density at radius 3 is 2.43 bits per heavy atom. The van der Waals surface area contributed by atoms with Gasteiger partial charge in [-0.25, -0.2) is 9.97 Å². The molecule has 1 aromatic heterocycles. The summed E-state index contributed by atoms with van der Waals surface area (Å²) in [6.07, 6.45) is 3.39. The predicted molar refractivity (Wildman–Crippen MR) is 85.6 cm³/mol. The fourth-order valence-electron chi connectivity index (χ4n) is 3.16. The van der Waals surface area contributed by atoms with Crippen molar-refractivity contribution < 1.29 is 0 Å². The molecule has 110 valence electrons. The molecule has 1 saturated heterocycles. The fraction of sp³-hybridized carbons (Fsp3) is 0.444. The van der Waals surface area contributed by atoms with Crippen LogP contribution in [-0.2, 0) is 6.42 Å². The van der Waals surface area contributed by atoms with E-state index in [1.165, 1.54) is 24.0 Å². The van der Waals surface area contributed by atoms with E-state index in [0.717, 1.165) is 42.6 Å². The van der Waals surface area contributed by atoms with Gasteiger partial charge in [0.1, 0.15) is 5.82 Å². The number of rotatable bonds is 3. The summed E-state index contributed by atoms with van der Waals surface area (Å²) in [6.45, 7) is 6.27.